The molecule has 0 heterocycles. The lowest BCUT2D eigenvalue weighted by atomic mass is 10.0. The Balaban J connectivity index is 0.000000485. The van der Waals surface area contributed by atoms with Crippen LogP contribution in [-0.2, 0) is 76.0 Å². The van der Waals surface area contributed by atoms with Crippen molar-refractivity contribution in [3.05, 3.63) is 180 Å². The third kappa shape index (κ3) is 22.6. The first kappa shape index (κ1) is 80.4. The topological polar surface area (TPSA) is 284 Å². The smallest absolute Gasteiger partial charge is 0.446 e. The highest BCUT2D eigenvalue weighted by atomic mass is 32.2. The molecule has 2 amide bonds. The van der Waals surface area contributed by atoms with Gasteiger partial charge in [-0.2, -0.15) is 60.7 Å². The number of alkyl halides is 10. The highest BCUT2D eigenvalue weighted by Gasteiger charge is 2.57. The van der Waals surface area contributed by atoms with Gasteiger partial charge in [-0.25, -0.2) is 40.3 Å². The number of esters is 3. The van der Waals surface area contributed by atoms with Gasteiger partial charge in [0, 0.05) is 27.8 Å². The largest absolute Gasteiger partial charge is 0.460 e. The normalized spacial score (nSPS) is 13.4. The number of halogens is 14. The predicted molar refractivity (Wildman–Crippen MR) is 300 cm³/mol. The van der Waals surface area contributed by atoms with Crippen LogP contribution >= 0.6 is 0 Å². The first-order valence-electron chi connectivity index (χ1n) is 25.2. The standard InChI is InChI=1S/C23H18F7NO6S.C18H21F2NO6S.C15H13F5O6S/c1-11(2)22(34)36-10-9-31-21(33)13-14(24)16(26)19(17(27)15(13)25)38(3,35)37-20(23(28,29)30)18(32)12-7-5-4-6-8-12;1-12(2)16(22)26-11-10-21-17(23)18(19,20)28(24,25)27-14(4)13(3)15-8-6-5-7-9-15;1-9(2)13(22)25-8-14(16,17)27(23,24)26-12(15(18,19)20)11(21)10-6-4-3-5-7-10/h4-8,20H,1,3,9-10H2,2H3,(H,31,33);5-9,14H,1,3,10-11H2,2,4H3,(H,21,23);3-7,12H,1,8H2,2H3. The fourth-order valence-electron chi connectivity index (χ4n) is 6.19. The second-order valence-electron chi connectivity index (χ2n) is 18.5. The fourth-order valence-corrected chi connectivity index (χ4v) is 9.23. The van der Waals surface area contributed by atoms with Crippen molar-refractivity contribution in [2.24, 2.45) is 0 Å². The highest BCUT2D eigenvalue weighted by Crippen LogP contribution is 2.36. The Morgan fingerprint density at radius 3 is 1.23 bits per heavy atom. The molecule has 2 N–H and O–H groups in total. The molecule has 0 radical (unpaired) electrons. The van der Waals surface area contributed by atoms with Crippen LogP contribution in [0.4, 0.5) is 61.5 Å². The summed E-state index contributed by atoms with van der Waals surface area (Å²) in [5, 5.41) is -6.41. The van der Waals surface area contributed by atoms with Crippen molar-refractivity contribution in [1.82, 2.24) is 10.6 Å². The maximum Gasteiger partial charge on any atom is 0.446 e. The summed E-state index contributed by atoms with van der Waals surface area (Å²) < 4.78 is 279. The Hall–Kier alpha value is -8.65. The van der Waals surface area contributed by atoms with Gasteiger partial charge in [-0.05, 0) is 44.7 Å². The molecule has 0 fully saturated rings. The van der Waals surface area contributed by atoms with E-state index in [9.17, 15) is 116 Å². The summed E-state index contributed by atoms with van der Waals surface area (Å²) in [4.78, 5) is 79.2. The van der Waals surface area contributed by atoms with Gasteiger partial charge >= 0.3 is 66.9 Å². The number of hydrogen-bond acceptors (Lipinski definition) is 18. The number of carbonyl (C=O) groups excluding carboxylic acids is 7. The minimum absolute atomic E-state index is 0.00892. The molecule has 4 aromatic carbocycles. The molecular formula is C56H52F14N2O18S3. The third-order valence-electron chi connectivity index (χ3n) is 10.9. The lowest BCUT2D eigenvalue weighted by Crippen LogP contribution is -2.48. The Morgan fingerprint density at radius 1 is 0.495 bits per heavy atom. The molecular weight excluding hydrogens is 1350 g/mol. The van der Waals surface area contributed by atoms with Gasteiger partial charge in [-0.3, -0.25) is 27.5 Å². The minimum Gasteiger partial charge on any atom is -0.460 e. The molecule has 0 saturated carbocycles. The van der Waals surface area contributed by atoms with Crippen molar-refractivity contribution in [3.8, 4) is 0 Å². The minimum atomic E-state index is -6.30. The van der Waals surface area contributed by atoms with Crippen LogP contribution in [0.1, 0.15) is 64.3 Å². The zero-order valence-electron chi connectivity index (χ0n) is 48.3. The summed E-state index contributed by atoms with van der Waals surface area (Å²) in [6.07, 6.45) is -19.8. The van der Waals surface area contributed by atoms with E-state index in [2.05, 4.69) is 58.9 Å². The van der Waals surface area contributed by atoms with E-state index in [1.807, 2.05) is 0 Å². The second kappa shape index (κ2) is 33.3. The van der Waals surface area contributed by atoms with Gasteiger partial charge in [-0.1, -0.05) is 117 Å². The zero-order chi connectivity index (χ0) is 71.6. The van der Waals surface area contributed by atoms with Crippen molar-refractivity contribution in [3.63, 3.8) is 0 Å². The summed E-state index contributed by atoms with van der Waals surface area (Å²) in [5.41, 5.74) is -2.69. The van der Waals surface area contributed by atoms with Crippen molar-refractivity contribution in [2.75, 3.05) is 32.9 Å². The zero-order valence-corrected chi connectivity index (χ0v) is 50.8. The van der Waals surface area contributed by atoms with Crippen LogP contribution in [0.25, 0.3) is 5.57 Å². The van der Waals surface area contributed by atoms with Gasteiger partial charge in [0.25, 0.3) is 5.91 Å². The Morgan fingerprint density at radius 2 is 0.849 bits per heavy atom. The lowest BCUT2D eigenvalue weighted by molar-refractivity contribution is -0.180. The van der Waals surface area contributed by atoms with Crippen molar-refractivity contribution in [2.45, 2.75) is 73.8 Å². The SMILES string of the molecule is C=C(C)C(=O)OCC(F)(F)S(=O)(=O)OC(C(=O)c1ccccc1)C(F)(F)F.C=C(C)C(=O)OCCNC(=O)C(F)(F)S(=O)(=O)OC(C)C(=C)c1ccccc1.C=C(C)C(=O)OCCNC(=O)c1c(F)c(F)c(S(=C)(=O)OC(C(=O)c2ccccc2)C(F)(F)F)c(F)c1F. The van der Waals surface area contributed by atoms with Crippen LogP contribution in [-0.4, -0.2) is 142 Å². The first-order chi connectivity index (χ1) is 42.6. The van der Waals surface area contributed by atoms with Crippen LogP contribution < -0.4 is 10.6 Å². The number of benzene rings is 4. The van der Waals surface area contributed by atoms with Crippen molar-refractivity contribution in [1.29, 1.82) is 0 Å². The molecule has 0 bridgehead atoms. The van der Waals surface area contributed by atoms with E-state index in [0.29, 0.717) is 5.56 Å². The van der Waals surface area contributed by atoms with E-state index in [1.165, 1.54) is 57.2 Å². The fraction of sp³-hybridized carbons (Fsp3) is 0.286. The van der Waals surface area contributed by atoms with Crippen LogP contribution in [0.15, 0.2) is 139 Å². The quantitative estimate of drug-likeness (QED) is 0.00617. The molecule has 4 rings (SSSR count). The van der Waals surface area contributed by atoms with E-state index < -0.39 is 190 Å². The maximum absolute atomic E-state index is 14.7. The Labute approximate surface area is 520 Å². The number of nitrogens with one attached hydrogen (secondary N) is 2. The van der Waals surface area contributed by atoms with Gasteiger partial charge in [0.1, 0.15) is 33.5 Å². The molecule has 0 aliphatic heterocycles. The second-order valence-corrected chi connectivity index (χ2v) is 23.6. The van der Waals surface area contributed by atoms with Crippen molar-refractivity contribution >= 4 is 82.8 Å². The summed E-state index contributed by atoms with van der Waals surface area (Å²) in [6, 6.07) is 19.4. The molecule has 20 nitrogen and oxygen atoms in total. The number of amides is 2. The maximum atomic E-state index is 14.7. The molecule has 0 aliphatic carbocycles. The van der Waals surface area contributed by atoms with Gasteiger partial charge < -0.3 is 24.8 Å². The van der Waals surface area contributed by atoms with Crippen LogP contribution in [0.3, 0.4) is 0 Å². The average Bonchev–Trinajstić information content (AvgIpc) is 0.815. The molecule has 4 unspecified atom stereocenters. The summed E-state index contributed by atoms with van der Waals surface area (Å²) in [5.74, 6) is -17.9. The number of rotatable bonds is 28. The molecule has 0 aromatic heterocycles. The Kier molecular flexibility index (Phi) is 28.8. The summed E-state index contributed by atoms with van der Waals surface area (Å²) in [7, 11) is -17.3. The third-order valence-corrected chi connectivity index (χ3v) is 15.1. The molecule has 37 heteroatoms. The monoisotopic (exact) mass is 1400 g/mol. The molecule has 4 aromatic rings. The van der Waals surface area contributed by atoms with E-state index in [0.717, 1.165) is 31.2 Å². The lowest BCUT2D eigenvalue weighted by Gasteiger charge is -2.22. The molecule has 510 valence electrons. The van der Waals surface area contributed by atoms with Crippen LogP contribution in [0.2, 0.25) is 0 Å². The van der Waals surface area contributed by atoms with E-state index in [1.54, 1.807) is 41.0 Å². The highest BCUT2D eigenvalue weighted by molar-refractivity contribution is 7.96. The van der Waals surface area contributed by atoms with E-state index in [4.69, 9.17) is 0 Å². The molecule has 0 saturated heterocycles. The predicted octanol–water partition coefficient (Wildman–Crippen LogP) is 9.03. The Bertz CT molecular complexity index is 3790. The van der Waals surface area contributed by atoms with Gasteiger partial charge in [0.15, 0.2) is 29.9 Å². The van der Waals surface area contributed by atoms with Crippen molar-refractivity contribution < 1.29 is 143 Å². The summed E-state index contributed by atoms with van der Waals surface area (Å²) >= 11 is 0. The molecule has 93 heavy (non-hydrogen) atoms. The van der Waals surface area contributed by atoms with E-state index >= 15 is 0 Å². The number of ketones is 2. The van der Waals surface area contributed by atoms with Crippen LogP contribution in [0, 0.1) is 23.3 Å². The number of carbonyl (C=O) groups is 7. The van der Waals surface area contributed by atoms with E-state index in [-0.39, 0.29) is 22.3 Å². The molecule has 0 spiro atoms. The molecule has 0 aliphatic rings. The first-order valence-corrected chi connectivity index (χ1v) is 29.7. The van der Waals surface area contributed by atoms with Crippen LogP contribution in [0.5, 0.6) is 0 Å². The summed E-state index contributed by atoms with van der Waals surface area (Å²) in [6.45, 7) is 14.1. The molecule has 4 atom stereocenters. The number of ether oxygens (including phenoxy) is 3. The van der Waals surface area contributed by atoms with Gasteiger partial charge in [0.05, 0.1) is 19.2 Å². The van der Waals surface area contributed by atoms with Gasteiger partial charge in [0.2, 0.25) is 23.8 Å². The number of Topliss-reactive ketones (excluding diaryl/α,β-unsaturated/α-hetero) is 2. The van der Waals surface area contributed by atoms with Gasteiger partial charge in [-0.15, -0.1) is 0 Å². The number of hydrogen-bond donors (Lipinski definition) is 2. The average molecular weight is 1400 g/mol.